The summed E-state index contributed by atoms with van der Waals surface area (Å²) < 4.78 is 8.12. The van der Waals surface area contributed by atoms with Crippen LogP contribution in [0.25, 0.3) is 152 Å². The van der Waals surface area contributed by atoms with Gasteiger partial charge in [-0.05, 0) is 182 Å². The Labute approximate surface area is 611 Å². The lowest BCUT2D eigenvalue weighted by molar-refractivity contribution is 0.632. The van der Waals surface area contributed by atoms with Crippen LogP contribution < -0.4 is 31.7 Å². The van der Waals surface area contributed by atoms with Gasteiger partial charge in [0.15, 0.2) is 0 Å². The monoisotopic (exact) mass is 1350 g/mol. The molecule has 1 aliphatic carbocycles. The molecule has 7 heteroatoms. The van der Waals surface area contributed by atoms with E-state index in [0.717, 1.165) is 5.69 Å². The van der Waals surface area contributed by atoms with Crippen molar-refractivity contribution in [3.05, 3.63) is 326 Å². The zero-order valence-corrected chi connectivity index (χ0v) is 59.0. The minimum Gasteiger partial charge on any atom is -0.375 e. The van der Waals surface area contributed by atoms with E-state index in [4.69, 9.17) is 0 Å². The highest BCUT2D eigenvalue weighted by atomic mass is 32.1. The maximum Gasteiger partial charge on any atom is 0.333 e. The number of thiophene rings is 1. The molecule has 25 rings (SSSR count). The van der Waals surface area contributed by atoms with E-state index >= 15 is 0 Å². The molecule has 0 N–H and O–H groups in total. The highest BCUT2D eigenvalue weighted by Gasteiger charge is 2.52. The number of nitrogens with zero attached hydrogens (tertiary/aromatic N) is 4. The molecule has 0 fully saturated rings. The topological polar surface area (TPSA) is 16.3 Å². The Morgan fingerprint density at radius 1 is 0.314 bits per heavy atom. The first kappa shape index (κ1) is 57.1. The van der Waals surface area contributed by atoms with Crippen LogP contribution in [-0.4, -0.2) is 22.7 Å². The third-order valence-corrected chi connectivity index (χ3v) is 26.7. The van der Waals surface area contributed by atoms with Crippen LogP contribution in [0.4, 0.5) is 34.1 Å². The molecule has 8 heterocycles. The predicted molar refractivity (Wildman–Crippen MR) is 447 cm³/mol. The van der Waals surface area contributed by atoms with Gasteiger partial charge < -0.3 is 18.8 Å². The molecule has 0 radical (unpaired) electrons. The number of hydrogen-bond donors (Lipinski definition) is 0. The molecule has 0 unspecified atom stereocenters. The largest absolute Gasteiger partial charge is 0.375 e. The summed E-state index contributed by atoms with van der Waals surface area (Å²) >= 11 is 1.97. The van der Waals surface area contributed by atoms with E-state index in [2.05, 4.69) is 350 Å². The summed E-state index contributed by atoms with van der Waals surface area (Å²) in [6, 6.07) is 117. The first-order chi connectivity index (χ1) is 51.6. The van der Waals surface area contributed by atoms with Crippen molar-refractivity contribution >= 4 is 166 Å². The summed E-state index contributed by atoms with van der Waals surface area (Å²) in [4.78, 5) is 5.26. The second-order valence-electron chi connectivity index (χ2n) is 31.3. The third-order valence-electron chi connectivity index (χ3n) is 25.5. The zero-order chi connectivity index (χ0) is 68.8. The molecule has 0 saturated carbocycles. The zero-order valence-electron chi connectivity index (χ0n) is 58.2. The molecule has 4 nitrogen and oxygen atoms in total. The number of hydrogen-bond acceptors (Lipinski definition) is 3. The lowest BCUT2D eigenvalue weighted by atomic mass is 9.43. The minimum atomic E-state index is -0.227. The summed E-state index contributed by atoms with van der Waals surface area (Å²) in [7, 11) is 0. The summed E-state index contributed by atoms with van der Waals surface area (Å²) in [5.74, 6) is 0. The van der Waals surface area contributed by atoms with Crippen LogP contribution in [0, 0.1) is 0 Å². The lowest BCUT2D eigenvalue weighted by Gasteiger charge is -2.48. The van der Waals surface area contributed by atoms with E-state index in [-0.39, 0.29) is 24.5 Å². The van der Waals surface area contributed by atoms with Gasteiger partial charge in [0.1, 0.15) is 0 Å². The fourth-order valence-corrected chi connectivity index (χ4v) is 22.4. The van der Waals surface area contributed by atoms with E-state index < -0.39 is 0 Å². The first-order valence-electron chi connectivity index (χ1n) is 37.1. The molecule has 0 saturated heterocycles. The van der Waals surface area contributed by atoms with Gasteiger partial charge in [-0.2, -0.15) is 0 Å². The molecule has 16 aromatic carbocycles. The van der Waals surface area contributed by atoms with Crippen molar-refractivity contribution in [3.63, 3.8) is 0 Å². The second kappa shape index (κ2) is 19.9. The maximum atomic E-state index is 2.77. The van der Waals surface area contributed by atoms with Gasteiger partial charge in [-0.3, -0.25) is 0 Å². The van der Waals surface area contributed by atoms with Crippen molar-refractivity contribution in [2.75, 3.05) is 9.80 Å². The predicted octanol–water partition coefficient (Wildman–Crippen LogP) is 23.4. The minimum absolute atomic E-state index is 0.0616. The molecule has 105 heavy (non-hydrogen) atoms. The van der Waals surface area contributed by atoms with Crippen molar-refractivity contribution in [2.24, 2.45) is 0 Å². The quantitative estimate of drug-likeness (QED) is 0.163. The smallest absolute Gasteiger partial charge is 0.333 e. The van der Waals surface area contributed by atoms with Gasteiger partial charge in [-0.25, -0.2) is 0 Å². The van der Waals surface area contributed by atoms with Crippen molar-refractivity contribution in [2.45, 2.75) is 38.5 Å². The van der Waals surface area contributed by atoms with E-state index in [1.807, 2.05) is 11.3 Å². The standard InChI is InChI=1S/C98H62B2N4S/c1-97(2)76-32-15-16-35-80(76)102-85-53-73-66-26-13-14-31-75(66)98(3,4)90(73)88-70-29-17-27-68-72-49-63-48-59(36-37-61(63)51-83(72)104(93(68)70)99(91(85)88)78-34-19-33-77(97)95(78)102)62-40-45-67-74-54-84-92-89(96(74)105-86(67)52-62)71-30-18-28-69-87-65-25-12-11-24-58(65)41-47-82(87)103(94(69)71)100(92)79-50-60(56-22-9-6-10-23-56)42-46-81(79)101(84)64-43-38-57(39-44-64)55-20-7-5-8-21-55/h5-54H,1-4H3. The van der Waals surface area contributed by atoms with Gasteiger partial charge in [0.25, 0.3) is 0 Å². The van der Waals surface area contributed by atoms with E-state index in [1.165, 1.54) is 225 Å². The highest BCUT2D eigenvalue weighted by molar-refractivity contribution is 7.26. The molecule has 0 bridgehead atoms. The molecule has 3 aromatic heterocycles. The van der Waals surface area contributed by atoms with Crippen LogP contribution in [0.5, 0.6) is 0 Å². The normalized spacial score (nSPS) is 14.7. The Morgan fingerprint density at radius 2 is 0.924 bits per heavy atom. The average Bonchev–Trinajstić information content (AvgIpc) is 1.60. The average molecular weight is 1350 g/mol. The molecular weight excluding hydrogens is 1290 g/mol. The van der Waals surface area contributed by atoms with Crippen molar-refractivity contribution in [3.8, 4) is 66.8 Å². The fraction of sp³-hybridized carbons (Fsp3) is 0.0612. The molecule has 19 aromatic rings. The van der Waals surface area contributed by atoms with Crippen LogP contribution in [0.2, 0.25) is 0 Å². The Kier molecular flexibility index (Phi) is 10.8. The van der Waals surface area contributed by atoms with Gasteiger partial charge in [0, 0.05) is 120 Å². The Hall–Kier alpha value is -12.4. The summed E-state index contributed by atoms with van der Waals surface area (Å²) in [5, 5.41) is 12.8. The summed E-state index contributed by atoms with van der Waals surface area (Å²) in [5.41, 5.74) is 38.5. The number of anilines is 6. The van der Waals surface area contributed by atoms with Crippen molar-refractivity contribution < 1.29 is 0 Å². The SMILES string of the molecule is CC1(C)c2ccccc2N2c3cc4c(c5c3B(c3cccc1c32)n1c2cc3ccc(-c6ccc7c(c6)sc6c8c9c(cc67)N(c6ccc(-c7ccccc7)cc6)c6ccc(-c7ccccc7)cc6B9n6c7ccc9ccccc9c7c7cccc-8c76)cc3cc2c2cccc-5c21)C(C)(C)c1ccccc1-4. The van der Waals surface area contributed by atoms with Crippen LogP contribution in [-0.2, 0) is 10.8 Å². The van der Waals surface area contributed by atoms with E-state index in [1.54, 1.807) is 0 Å². The number of benzene rings is 16. The Bertz CT molecular complexity index is 7240. The molecule has 486 valence electrons. The first-order valence-corrected chi connectivity index (χ1v) is 37.9. The molecule has 0 amide bonds. The van der Waals surface area contributed by atoms with Gasteiger partial charge in [0.2, 0.25) is 0 Å². The van der Waals surface area contributed by atoms with Crippen LogP contribution in [0.1, 0.15) is 49.9 Å². The number of aromatic nitrogens is 2. The molecule has 0 spiro atoms. The second-order valence-corrected chi connectivity index (χ2v) is 32.4. The van der Waals surface area contributed by atoms with Crippen molar-refractivity contribution in [1.82, 2.24) is 8.96 Å². The number of fused-ring (bicyclic) bond motifs is 27. The Morgan fingerprint density at radius 3 is 1.77 bits per heavy atom. The lowest BCUT2D eigenvalue weighted by Crippen LogP contribution is -2.58. The van der Waals surface area contributed by atoms with Crippen molar-refractivity contribution in [1.29, 1.82) is 0 Å². The maximum absolute atomic E-state index is 2.77. The third kappa shape index (κ3) is 7.15. The van der Waals surface area contributed by atoms with Crippen LogP contribution in [0.3, 0.4) is 0 Å². The Balaban J connectivity index is 0.700. The van der Waals surface area contributed by atoms with Crippen LogP contribution in [0.15, 0.2) is 303 Å². The molecular formula is C98H62B2N4S. The van der Waals surface area contributed by atoms with E-state index in [0.29, 0.717) is 0 Å². The van der Waals surface area contributed by atoms with Gasteiger partial charge in [-0.1, -0.05) is 264 Å². The summed E-state index contributed by atoms with van der Waals surface area (Å²) in [6.45, 7) is 9.61. The molecule has 0 atom stereocenters. The molecule has 6 aliphatic rings. The number of rotatable bonds is 4. The van der Waals surface area contributed by atoms with Gasteiger partial charge in [-0.15, -0.1) is 11.3 Å². The molecule has 5 aliphatic heterocycles. The highest BCUT2D eigenvalue weighted by Crippen LogP contribution is 2.61. The number of para-hydroxylation sites is 4. The van der Waals surface area contributed by atoms with E-state index in [9.17, 15) is 0 Å². The fourth-order valence-electron chi connectivity index (χ4n) is 21.1. The van der Waals surface area contributed by atoms with Gasteiger partial charge in [0.05, 0.1) is 5.69 Å². The van der Waals surface area contributed by atoms with Gasteiger partial charge >= 0.3 is 13.7 Å². The van der Waals surface area contributed by atoms with Crippen LogP contribution >= 0.6 is 11.3 Å². The summed E-state index contributed by atoms with van der Waals surface area (Å²) in [6.07, 6.45) is 0.